The van der Waals surface area contributed by atoms with E-state index >= 15 is 0 Å². The van der Waals surface area contributed by atoms with E-state index in [1.54, 1.807) is 30.3 Å². The molecule has 0 saturated carbocycles. The molecule has 6 nitrogen and oxygen atoms in total. The molecule has 154 valence electrons. The minimum absolute atomic E-state index is 0.000844. The van der Waals surface area contributed by atoms with E-state index in [0.717, 1.165) is 16.7 Å². The molecule has 2 aromatic carbocycles. The predicted molar refractivity (Wildman–Crippen MR) is 112 cm³/mol. The highest BCUT2D eigenvalue weighted by Gasteiger charge is 2.32. The van der Waals surface area contributed by atoms with Gasteiger partial charge >= 0.3 is 5.97 Å². The summed E-state index contributed by atoms with van der Waals surface area (Å²) in [5.41, 5.74) is 2.41. The molecule has 0 heterocycles. The Hall–Kier alpha value is -2.38. The van der Waals surface area contributed by atoms with Crippen LogP contribution in [0.25, 0.3) is 11.1 Å². The maximum absolute atomic E-state index is 11.9. The Morgan fingerprint density at radius 2 is 1.62 bits per heavy atom. The molecule has 0 aliphatic heterocycles. The fourth-order valence-electron chi connectivity index (χ4n) is 2.83. The maximum atomic E-state index is 11.9. The monoisotopic (exact) mass is 437 g/mol. The summed E-state index contributed by atoms with van der Waals surface area (Å²) in [6.07, 6.45) is -2.21. The van der Waals surface area contributed by atoms with Crippen molar-refractivity contribution in [2.45, 2.75) is 31.1 Å². The molecular formula is C21H21Cl2NO5. The van der Waals surface area contributed by atoms with Gasteiger partial charge in [0.25, 0.3) is 0 Å². The first-order valence-corrected chi connectivity index (χ1v) is 9.51. The fraction of sp³-hybridized carbons (Fsp3) is 0.238. The van der Waals surface area contributed by atoms with Gasteiger partial charge in [-0.3, -0.25) is 4.79 Å². The van der Waals surface area contributed by atoms with E-state index in [2.05, 4.69) is 11.9 Å². The zero-order chi connectivity index (χ0) is 21.6. The number of nitrogens with one attached hydrogen (secondary N) is 1. The van der Waals surface area contributed by atoms with E-state index in [9.17, 15) is 19.8 Å². The summed E-state index contributed by atoms with van der Waals surface area (Å²) in [5.74, 6) is -2.01. The lowest BCUT2D eigenvalue weighted by Crippen LogP contribution is -2.51. The molecule has 29 heavy (non-hydrogen) atoms. The van der Waals surface area contributed by atoms with Crippen LogP contribution < -0.4 is 5.32 Å². The summed E-state index contributed by atoms with van der Waals surface area (Å²) >= 11 is 12.1. The lowest BCUT2D eigenvalue weighted by Gasteiger charge is -2.26. The summed E-state index contributed by atoms with van der Waals surface area (Å²) < 4.78 is 0. The number of aliphatic hydroxyl groups is 2. The second kappa shape index (κ2) is 10.4. The van der Waals surface area contributed by atoms with Crippen molar-refractivity contribution in [1.82, 2.24) is 5.32 Å². The van der Waals surface area contributed by atoms with Crippen LogP contribution in [0.4, 0.5) is 0 Å². The van der Waals surface area contributed by atoms with E-state index in [1.165, 1.54) is 6.08 Å². The minimum Gasteiger partial charge on any atom is -0.479 e. The van der Waals surface area contributed by atoms with Gasteiger partial charge in [-0.2, -0.15) is 0 Å². The van der Waals surface area contributed by atoms with Crippen LogP contribution in [0.3, 0.4) is 0 Å². The Balaban J connectivity index is 2.21. The predicted octanol–water partition coefficient (Wildman–Crippen LogP) is 3.07. The van der Waals surface area contributed by atoms with E-state index in [0.29, 0.717) is 10.0 Å². The Morgan fingerprint density at radius 1 is 1.03 bits per heavy atom. The van der Waals surface area contributed by atoms with Crippen molar-refractivity contribution in [2.75, 3.05) is 0 Å². The zero-order valence-corrected chi connectivity index (χ0v) is 16.9. The van der Waals surface area contributed by atoms with Crippen LogP contribution in [-0.2, 0) is 16.0 Å². The summed E-state index contributed by atoms with van der Waals surface area (Å²) in [6, 6.07) is 11.4. The van der Waals surface area contributed by atoms with Crippen molar-refractivity contribution in [1.29, 1.82) is 0 Å². The normalized spacial score (nSPS) is 13.9. The zero-order valence-electron chi connectivity index (χ0n) is 15.4. The molecule has 2 rings (SSSR count). The van der Waals surface area contributed by atoms with E-state index in [4.69, 9.17) is 28.3 Å². The number of carbonyl (C=O) groups is 2. The Labute approximate surface area is 178 Å². The van der Waals surface area contributed by atoms with Gasteiger partial charge in [0.05, 0.1) is 6.04 Å². The fourth-order valence-corrected chi connectivity index (χ4v) is 3.35. The number of amides is 1. The molecule has 0 unspecified atom stereocenters. The molecule has 0 aliphatic rings. The Kier molecular flexibility index (Phi) is 8.22. The first kappa shape index (κ1) is 22.9. The van der Waals surface area contributed by atoms with Crippen LogP contribution >= 0.6 is 23.2 Å². The largest absolute Gasteiger partial charge is 0.479 e. The van der Waals surface area contributed by atoms with Crippen molar-refractivity contribution in [3.05, 3.63) is 70.7 Å². The Bertz CT molecular complexity index is 865. The number of carboxylic acid groups (broad SMARTS) is 1. The van der Waals surface area contributed by atoms with Gasteiger partial charge in [0.15, 0.2) is 6.10 Å². The highest BCUT2D eigenvalue weighted by Crippen LogP contribution is 2.27. The molecule has 0 radical (unpaired) electrons. The van der Waals surface area contributed by atoms with Gasteiger partial charge in [-0.05, 0) is 41.3 Å². The molecular weight excluding hydrogens is 417 g/mol. The van der Waals surface area contributed by atoms with Gasteiger partial charge in [-0.1, -0.05) is 53.5 Å². The quantitative estimate of drug-likeness (QED) is 0.451. The SMILES string of the molecule is C=CCC(=O)N[C@H](Cc1ccc(-c2cc(Cl)cc(Cl)c2)cc1)[C@H](O)[C@@H](O)C(=O)O. The molecule has 1 amide bonds. The van der Waals surface area contributed by atoms with Gasteiger partial charge in [0.1, 0.15) is 6.10 Å². The Morgan fingerprint density at radius 3 is 2.14 bits per heavy atom. The summed E-state index contributed by atoms with van der Waals surface area (Å²) in [4.78, 5) is 22.9. The number of carboxylic acids is 1. The number of rotatable bonds is 9. The number of carbonyl (C=O) groups excluding carboxylic acids is 1. The summed E-state index contributed by atoms with van der Waals surface area (Å²) in [5, 5.41) is 32.4. The third-order valence-corrected chi connectivity index (χ3v) is 4.71. The molecule has 0 fully saturated rings. The van der Waals surface area contributed by atoms with Gasteiger partial charge in [-0.15, -0.1) is 6.58 Å². The van der Waals surface area contributed by atoms with E-state index < -0.39 is 30.1 Å². The van der Waals surface area contributed by atoms with Crippen molar-refractivity contribution in [2.24, 2.45) is 0 Å². The lowest BCUT2D eigenvalue weighted by molar-refractivity contribution is -0.154. The topological polar surface area (TPSA) is 107 Å². The average Bonchev–Trinajstić information content (AvgIpc) is 2.66. The highest BCUT2D eigenvalue weighted by atomic mass is 35.5. The molecule has 0 aliphatic carbocycles. The van der Waals surface area contributed by atoms with Gasteiger partial charge in [0.2, 0.25) is 5.91 Å². The number of aliphatic hydroxyl groups excluding tert-OH is 2. The molecule has 0 saturated heterocycles. The molecule has 0 spiro atoms. The van der Waals surface area contributed by atoms with Crippen LogP contribution in [0.15, 0.2) is 55.1 Å². The molecule has 8 heteroatoms. The summed E-state index contributed by atoms with van der Waals surface area (Å²) in [6.45, 7) is 3.47. The van der Waals surface area contributed by atoms with Crippen LogP contribution in [0, 0.1) is 0 Å². The van der Waals surface area contributed by atoms with Crippen LogP contribution in [0.2, 0.25) is 10.0 Å². The van der Waals surface area contributed by atoms with Crippen LogP contribution in [-0.4, -0.2) is 45.4 Å². The second-order valence-corrected chi connectivity index (χ2v) is 7.37. The number of hydrogen-bond donors (Lipinski definition) is 4. The van der Waals surface area contributed by atoms with Crippen molar-refractivity contribution < 1.29 is 24.9 Å². The second-order valence-electron chi connectivity index (χ2n) is 6.50. The van der Waals surface area contributed by atoms with Gasteiger partial charge < -0.3 is 20.6 Å². The van der Waals surface area contributed by atoms with E-state index in [1.807, 2.05) is 12.1 Å². The first-order valence-electron chi connectivity index (χ1n) is 8.76. The number of hydrogen-bond acceptors (Lipinski definition) is 4. The average molecular weight is 438 g/mol. The van der Waals surface area contributed by atoms with E-state index in [-0.39, 0.29) is 12.8 Å². The maximum Gasteiger partial charge on any atom is 0.335 e. The van der Waals surface area contributed by atoms with Crippen molar-refractivity contribution in [3.8, 4) is 11.1 Å². The third kappa shape index (κ3) is 6.58. The highest BCUT2D eigenvalue weighted by molar-refractivity contribution is 6.35. The molecule has 2 aromatic rings. The van der Waals surface area contributed by atoms with Crippen molar-refractivity contribution in [3.63, 3.8) is 0 Å². The van der Waals surface area contributed by atoms with Gasteiger partial charge in [0, 0.05) is 16.5 Å². The third-order valence-electron chi connectivity index (χ3n) is 4.27. The lowest BCUT2D eigenvalue weighted by atomic mass is 9.95. The number of halogens is 2. The molecule has 0 aromatic heterocycles. The molecule has 4 N–H and O–H groups in total. The first-order chi connectivity index (χ1) is 13.7. The summed E-state index contributed by atoms with van der Waals surface area (Å²) in [7, 11) is 0. The van der Waals surface area contributed by atoms with Crippen LogP contribution in [0.1, 0.15) is 12.0 Å². The van der Waals surface area contributed by atoms with Crippen molar-refractivity contribution >= 4 is 35.1 Å². The van der Waals surface area contributed by atoms with Gasteiger partial charge in [-0.25, -0.2) is 4.79 Å². The number of aliphatic carboxylic acids is 1. The smallest absolute Gasteiger partial charge is 0.335 e. The minimum atomic E-state index is -2.03. The standard InChI is InChI=1S/C21H21Cl2NO5/c1-2-3-18(25)24-17(19(26)20(27)21(28)29)8-12-4-6-13(7-5-12)14-9-15(22)11-16(23)10-14/h2,4-7,9-11,17,19-20,26-27H,1,3,8H2,(H,24,25)(H,28,29)/t17-,19+,20-/m1/s1. The van der Waals surface area contributed by atoms with Crippen LogP contribution in [0.5, 0.6) is 0 Å². The molecule has 0 bridgehead atoms. The number of benzene rings is 2. The molecule has 3 atom stereocenters.